The fourth-order valence-corrected chi connectivity index (χ4v) is 15.9. The van der Waals surface area contributed by atoms with Gasteiger partial charge < -0.3 is 99.2 Å². The molecule has 8 rings (SSSR count). The lowest BCUT2D eigenvalue weighted by Gasteiger charge is -2.69. The first-order chi connectivity index (χ1) is 34.3. The highest BCUT2D eigenvalue weighted by atomic mass is 16.7. The largest absolute Gasteiger partial charge is 0.394 e. The van der Waals surface area contributed by atoms with E-state index in [2.05, 4.69) is 33.8 Å². The van der Waals surface area contributed by atoms with Gasteiger partial charge in [-0.15, -0.1) is 0 Å². The van der Waals surface area contributed by atoms with Gasteiger partial charge in [-0.2, -0.15) is 0 Å². The van der Waals surface area contributed by atoms with Gasteiger partial charge in [0.15, 0.2) is 18.9 Å². The Hall–Kier alpha value is -1.35. The van der Waals surface area contributed by atoms with Gasteiger partial charge in [0.25, 0.3) is 0 Å². The summed E-state index contributed by atoms with van der Waals surface area (Å²) in [7, 11) is 0. The van der Waals surface area contributed by atoms with Crippen LogP contribution in [0.4, 0.5) is 0 Å². The highest BCUT2D eigenvalue weighted by Crippen LogP contribution is 2.76. The van der Waals surface area contributed by atoms with Crippen molar-refractivity contribution in [3.8, 4) is 0 Å². The smallest absolute Gasteiger partial charge is 0.186 e. The monoisotopic (exact) mass is 1040 g/mol. The minimum atomic E-state index is -1.70. The van der Waals surface area contributed by atoms with Crippen LogP contribution in [0.3, 0.4) is 0 Å². The second-order valence-corrected chi connectivity index (χ2v) is 24.9. The van der Waals surface area contributed by atoms with E-state index in [1.807, 2.05) is 13.8 Å². The third kappa shape index (κ3) is 10.2. The Labute approximate surface area is 428 Å². The van der Waals surface area contributed by atoms with Crippen molar-refractivity contribution in [1.29, 1.82) is 0 Å². The summed E-state index contributed by atoms with van der Waals surface area (Å²) in [5, 5.41) is 130. The molecule has 20 nitrogen and oxygen atoms in total. The first-order valence-electron chi connectivity index (χ1n) is 27.0. The summed E-state index contributed by atoms with van der Waals surface area (Å²) in [6.07, 6.45) is -15.0. The van der Waals surface area contributed by atoms with Gasteiger partial charge in [-0.3, -0.25) is 0 Å². The molecule has 20 heteroatoms. The van der Waals surface area contributed by atoms with Crippen molar-refractivity contribution in [1.82, 2.24) is 0 Å². The maximum Gasteiger partial charge on any atom is 0.186 e. The molecule has 3 aliphatic heterocycles. The molecule has 0 aromatic heterocycles. The number of ether oxygens (including phenoxy) is 7. The number of aldehydes is 1. The summed E-state index contributed by atoms with van der Waals surface area (Å²) in [5.74, 6) is -0.817. The molecule has 8 aliphatic rings. The highest BCUT2D eigenvalue weighted by molar-refractivity contribution is 5.62. The molecule has 5 aliphatic carbocycles. The molecule has 5 saturated carbocycles. The highest BCUT2D eigenvalue weighted by Gasteiger charge is 2.71. The molecule has 0 amide bonds. The molecule has 12 N–H and O–H groups in total. The van der Waals surface area contributed by atoms with E-state index in [4.69, 9.17) is 33.2 Å². The number of allylic oxidation sites excluding steroid dienone is 2. The molecular formula is C53H88O20. The zero-order valence-electron chi connectivity index (χ0n) is 43.7. The van der Waals surface area contributed by atoms with Crippen LogP contribution in [0.15, 0.2) is 11.6 Å². The average molecular weight is 1050 g/mol. The molecule has 0 aromatic rings. The van der Waals surface area contributed by atoms with Gasteiger partial charge in [0.05, 0.1) is 50.3 Å². The maximum atomic E-state index is 14.2. The molecule has 8 fully saturated rings. The topological polar surface area (TPSA) is 324 Å². The molecule has 3 heterocycles. The van der Waals surface area contributed by atoms with E-state index in [-0.39, 0.29) is 60.7 Å². The van der Waals surface area contributed by atoms with Crippen molar-refractivity contribution in [3.05, 3.63) is 11.6 Å². The third-order valence-corrected chi connectivity index (χ3v) is 20.4. The number of rotatable bonds is 15. The second-order valence-electron chi connectivity index (χ2n) is 24.9. The van der Waals surface area contributed by atoms with Crippen LogP contribution in [-0.4, -0.2) is 210 Å². The SMILES string of the molecule is CC(C)=CCC[C@@](O)(CO[C@@H]1O[C@H](CO)[C@@H](O)[C@H](O)[C@H]1O)[C@H]1CC[C@]2(C)[C@@H]1CC[C@@H]1[C@@]3(C=O)CC[C@H](O[C@@H]4OC[C@H](O)[C@H](O[C@@H]5OC[C@@H](O)[C@H](O)[C@H]5O)[C@H]4O[C@@H]4C[C@@H](C)[C@H](O)[C@@H](O)[C@H]4O)C(C)(C)[C@@H]3CC[C@]12C. The van der Waals surface area contributed by atoms with Crippen molar-refractivity contribution in [2.45, 2.75) is 235 Å². The lowest BCUT2D eigenvalue weighted by molar-refractivity contribution is -0.360. The molecule has 0 bridgehead atoms. The van der Waals surface area contributed by atoms with Crippen LogP contribution in [0.25, 0.3) is 0 Å². The average Bonchev–Trinajstić information content (AvgIpc) is 3.72. The van der Waals surface area contributed by atoms with Crippen LogP contribution in [-0.2, 0) is 38.0 Å². The van der Waals surface area contributed by atoms with E-state index in [9.17, 15) is 66.1 Å². The quantitative estimate of drug-likeness (QED) is 0.0581. The summed E-state index contributed by atoms with van der Waals surface area (Å²) in [6.45, 7) is 13.1. The van der Waals surface area contributed by atoms with Gasteiger partial charge in [0, 0.05) is 5.41 Å². The van der Waals surface area contributed by atoms with E-state index in [0.29, 0.717) is 38.5 Å². The van der Waals surface area contributed by atoms with E-state index in [1.165, 1.54) is 6.29 Å². The van der Waals surface area contributed by atoms with E-state index in [0.717, 1.165) is 31.3 Å². The summed E-state index contributed by atoms with van der Waals surface area (Å²) in [5.41, 5.74) is -2.27. The lowest BCUT2D eigenvalue weighted by atomic mass is 9.35. The summed E-state index contributed by atoms with van der Waals surface area (Å²) < 4.78 is 43.3. The van der Waals surface area contributed by atoms with Crippen LogP contribution < -0.4 is 0 Å². The zero-order chi connectivity index (χ0) is 53.3. The number of aliphatic hydroxyl groups excluding tert-OH is 11. The fraction of sp³-hybridized carbons (Fsp3) is 0.943. The Morgan fingerprint density at radius 2 is 1.33 bits per heavy atom. The zero-order valence-corrected chi connectivity index (χ0v) is 43.7. The Kier molecular flexibility index (Phi) is 17.5. The number of aliphatic hydroxyl groups is 12. The van der Waals surface area contributed by atoms with Crippen LogP contribution in [0.2, 0.25) is 0 Å². The normalized spacial score (nSPS) is 51.7. The van der Waals surface area contributed by atoms with Gasteiger partial charge in [-0.25, -0.2) is 0 Å². The summed E-state index contributed by atoms with van der Waals surface area (Å²) in [6, 6.07) is 0. The maximum absolute atomic E-state index is 14.2. The van der Waals surface area contributed by atoms with Gasteiger partial charge in [-0.05, 0) is 130 Å². The number of carbonyl (C=O) groups is 1. The van der Waals surface area contributed by atoms with Gasteiger partial charge >= 0.3 is 0 Å². The molecule has 0 unspecified atom stereocenters. The molecule has 420 valence electrons. The molecule has 3 saturated heterocycles. The Morgan fingerprint density at radius 1 is 0.671 bits per heavy atom. The summed E-state index contributed by atoms with van der Waals surface area (Å²) >= 11 is 0. The van der Waals surface area contributed by atoms with Crippen molar-refractivity contribution in [3.63, 3.8) is 0 Å². The van der Waals surface area contributed by atoms with Gasteiger partial charge in [-0.1, -0.05) is 46.3 Å². The van der Waals surface area contributed by atoms with Crippen LogP contribution in [0.1, 0.15) is 119 Å². The minimum Gasteiger partial charge on any atom is -0.394 e. The number of hydrogen-bond acceptors (Lipinski definition) is 20. The predicted molar refractivity (Wildman–Crippen MR) is 256 cm³/mol. The minimum absolute atomic E-state index is 0.0112. The third-order valence-electron chi connectivity index (χ3n) is 20.4. The molecule has 73 heavy (non-hydrogen) atoms. The van der Waals surface area contributed by atoms with Crippen molar-refractivity contribution >= 4 is 6.29 Å². The molecule has 0 radical (unpaired) electrons. The molecule has 0 aromatic carbocycles. The first-order valence-corrected chi connectivity index (χ1v) is 27.0. The standard InChI is InChI=1S/C53H88O20/c1-25(2)9-8-15-53(66,24-69-47-43(65)41(63)39(61)32(20-54)71-47)28-12-16-50(6)27(28)10-11-34-51(50,7)17-13-33-49(4,5)35(14-18-52(33,34)23-55)72-48-45(70-31-19-26(3)36(58)40(62)38(31)60)44(30(57)22-68-48)73-46-42(64)37(59)29(56)21-67-46/h9,23,26-48,54,56-66H,8,10-22,24H2,1-7H3/t26-,27-,28+,29-,30+,31-,32-,33+,34+,35+,36+,37+,38+,39-,40-,41+,42-,43-,44+,45-,46+,47-,48+,50-,51-,52-,53-/m1/s1. The fourth-order valence-electron chi connectivity index (χ4n) is 15.9. The summed E-state index contributed by atoms with van der Waals surface area (Å²) in [4.78, 5) is 14.2. The van der Waals surface area contributed by atoms with Crippen LogP contribution in [0, 0.1) is 51.2 Å². The Balaban J connectivity index is 1.03. The van der Waals surface area contributed by atoms with Gasteiger partial charge in [0.2, 0.25) is 0 Å². The van der Waals surface area contributed by atoms with Gasteiger partial charge in [0.1, 0.15) is 79.5 Å². The van der Waals surface area contributed by atoms with Crippen molar-refractivity contribution < 1.29 is 99.2 Å². The van der Waals surface area contributed by atoms with E-state index in [1.54, 1.807) is 6.92 Å². The first kappa shape index (κ1) is 57.8. The second kappa shape index (κ2) is 22.1. The van der Waals surface area contributed by atoms with Crippen molar-refractivity contribution in [2.24, 2.45) is 51.2 Å². The predicted octanol–water partition coefficient (Wildman–Crippen LogP) is -0.0526. The Bertz CT molecular complexity index is 1900. The number of fused-ring (bicyclic) bond motifs is 5. The molecule has 0 spiro atoms. The lowest BCUT2D eigenvalue weighted by Crippen LogP contribution is -2.67. The number of carbonyl (C=O) groups excluding carboxylic acids is 1. The van der Waals surface area contributed by atoms with Crippen LogP contribution >= 0.6 is 0 Å². The van der Waals surface area contributed by atoms with E-state index < -0.39 is 139 Å². The molecule has 27 atom stereocenters. The Morgan fingerprint density at radius 3 is 2.01 bits per heavy atom. The van der Waals surface area contributed by atoms with Crippen LogP contribution in [0.5, 0.6) is 0 Å². The molecular weight excluding hydrogens is 957 g/mol. The number of hydrogen-bond donors (Lipinski definition) is 12. The van der Waals surface area contributed by atoms with E-state index >= 15 is 0 Å². The van der Waals surface area contributed by atoms with Crippen molar-refractivity contribution in [2.75, 3.05) is 26.4 Å².